The minimum Gasteiger partial charge on any atom is -0.381 e. The van der Waals surface area contributed by atoms with E-state index in [1.54, 1.807) is 0 Å². The molecule has 1 nitrogen and oxygen atoms in total. The smallest absolute Gasteiger partial charge is 0.129 e. The average molecular weight is 301 g/mol. The van der Waals surface area contributed by atoms with Gasteiger partial charge in [-0.15, -0.1) is 0 Å². The lowest BCUT2D eigenvalue weighted by atomic mass is 9.92. The third-order valence-corrected chi connectivity index (χ3v) is 4.66. The highest BCUT2D eigenvalue weighted by Crippen LogP contribution is 2.36. The van der Waals surface area contributed by atoms with Crippen molar-refractivity contribution < 1.29 is 9.13 Å². The van der Waals surface area contributed by atoms with Crippen LogP contribution in [0.4, 0.5) is 4.39 Å². The largest absolute Gasteiger partial charge is 0.381 e. The first-order chi connectivity index (χ1) is 8.09. The van der Waals surface area contributed by atoms with E-state index in [4.69, 9.17) is 4.74 Å². The molecule has 3 heteroatoms. The fourth-order valence-corrected chi connectivity index (χ4v) is 3.09. The third kappa shape index (κ3) is 2.89. The molecule has 0 aliphatic carbocycles. The Hall–Kier alpha value is -0.410. The zero-order chi connectivity index (χ0) is 12.4. The van der Waals surface area contributed by atoms with Gasteiger partial charge in [-0.3, -0.25) is 0 Å². The Morgan fingerprint density at radius 1 is 1.35 bits per heavy atom. The van der Waals surface area contributed by atoms with Gasteiger partial charge in [-0.1, -0.05) is 28.1 Å². The van der Waals surface area contributed by atoms with Gasteiger partial charge in [-0.05, 0) is 49.3 Å². The summed E-state index contributed by atoms with van der Waals surface area (Å²) in [5, 5.41) is 0. The minimum absolute atomic E-state index is 0.0895. The summed E-state index contributed by atoms with van der Waals surface area (Å²) in [6, 6.07) is 3.88. The van der Waals surface area contributed by atoms with E-state index in [1.165, 1.54) is 6.42 Å². The zero-order valence-corrected chi connectivity index (χ0v) is 11.9. The Balaban J connectivity index is 2.21. The lowest BCUT2D eigenvalue weighted by molar-refractivity contribution is 0.0546. The molecule has 17 heavy (non-hydrogen) atoms. The molecule has 1 saturated heterocycles. The van der Waals surface area contributed by atoms with Crippen LogP contribution in [0.1, 0.15) is 34.4 Å². The first-order valence-electron chi connectivity index (χ1n) is 6.08. The molecule has 2 unspecified atom stereocenters. The van der Waals surface area contributed by atoms with Gasteiger partial charge in [-0.2, -0.15) is 0 Å². The molecular formula is C14H18BrFO. The maximum Gasteiger partial charge on any atom is 0.129 e. The predicted molar refractivity (Wildman–Crippen MR) is 71.1 cm³/mol. The van der Waals surface area contributed by atoms with Gasteiger partial charge < -0.3 is 4.74 Å². The fourth-order valence-electron chi connectivity index (χ4n) is 2.41. The van der Waals surface area contributed by atoms with Crippen LogP contribution in [0.3, 0.4) is 0 Å². The Labute approximate surface area is 110 Å². The Morgan fingerprint density at radius 2 is 2.00 bits per heavy atom. The Morgan fingerprint density at radius 3 is 2.53 bits per heavy atom. The van der Waals surface area contributed by atoms with E-state index in [-0.39, 0.29) is 10.6 Å². The van der Waals surface area contributed by atoms with Gasteiger partial charge in [-0.25, -0.2) is 4.39 Å². The van der Waals surface area contributed by atoms with Crippen LogP contribution in [-0.2, 0) is 4.74 Å². The lowest BCUT2D eigenvalue weighted by Crippen LogP contribution is -2.21. The van der Waals surface area contributed by atoms with Gasteiger partial charge in [0, 0.05) is 11.4 Å². The molecule has 0 amide bonds. The summed E-state index contributed by atoms with van der Waals surface area (Å²) in [6.07, 6.45) is 2.29. The van der Waals surface area contributed by atoms with Crippen molar-refractivity contribution in [3.05, 3.63) is 34.6 Å². The lowest BCUT2D eigenvalue weighted by Gasteiger charge is -2.27. The van der Waals surface area contributed by atoms with Crippen molar-refractivity contribution in [2.45, 2.75) is 31.5 Å². The number of ether oxygens (including phenoxy) is 1. The number of halogens is 2. The van der Waals surface area contributed by atoms with Crippen molar-refractivity contribution in [1.82, 2.24) is 0 Å². The Bertz CT molecular complexity index is 376. The van der Waals surface area contributed by atoms with Crippen molar-refractivity contribution in [3.63, 3.8) is 0 Å². The van der Waals surface area contributed by atoms with Crippen molar-refractivity contribution in [1.29, 1.82) is 0 Å². The molecule has 1 heterocycles. The second-order valence-electron chi connectivity index (χ2n) is 4.85. The van der Waals surface area contributed by atoms with Crippen LogP contribution in [-0.4, -0.2) is 13.2 Å². The molecule has 2 rings (SSSR count). The molecule has 1 fully saturated rings. The van der Waals surface area contributed by atoms with Crippen LogP contribution in [0.15, 0.2) is 12.1 Å². The SMILES string of the molecule is Cc1cc(C(Br)C2CCCOC2)cc(C)c1F. The van der Waals surface area contributed by atoms with Gasteiger partial charge in [0.05, 0.1) is 6.61 Å². The van der Waals surface area contributed by atoms with Gasteiger partial charge >= 0.3 is 0 Å². The van der Waals surface area contributed by atoms with E-state index in [0.29, 0.717) is 5.92 Å². The van der Waals surface area contributed by atoms with Crippen molar-refractivity contribution in [2.75, 3.05) is 13.2 Å². The molecule has 0 spiro atoms. The number of rotatable bonds is 2. The van der Waals surface area contributed by atoms with Crippen LogP contribution in [0.25, 0.3) is 0 Å². The molecule has 94 valence electrons. The van der Waals surface area contributed by atoms with E-state index in [0.717, 1.165) is 36.3 Å². The zero-order valence-electron chi connectivity index (χ0n) is 10.3. The van der Waals surface area contributed by atoms with Crippen molar-refractivity contribution >= 4 is 15.9 Å². The number of benzene rings is 1. The van der Waals surface area contributed by atoms with Crippen molar-refractivity contribution in [3.8, 4) is 0 Å². The quantitative estimate of drug-likeness (QED) is 0.740. The maximum atomic E-state index is 13.6. The van der Waals surface area contributed by atoms with E-state index in [1.807, 2.05) is 26.0 Å². The molecule has 1 aromatic carbocycles. The standard InChI is InChI=1S/C14H18BrFO/c1-9-6-12(7-10(2)14(9)16)13(15)11-4-3-5-17-8-11/h6-7,11,13H,3-5,8H2,1-2H3. The van der Waals surface area contributed by atoms with Gasteiger partial charge in [0.1, 0.15) is 5.82 Å². The summed E-state index contributed by atoms with van der Waals surface area (Å²) in [5.74, 6) is 0.404. The number of hydrogen-bond donors (Lipinski definition) is 0. The molecular weight excluding hydrogens is 283 g/mol. The van der Waals surface area contributed by atoms with Gasteiger partial charge in [0.25, 0.3) is 0 Å². The Kier molecular flexibility index (Phi) is 4.21. The molecule has 0 N–H and O–H groups in total. The highest BCUT2D eigenvalue weighted by atomic mass is 79.9. The summed E-state index contributed by atoms with van der Waals surface area (Å²) in [5.41, 5.74) is 2.61. The molecule has 2 atom stereocenters. The van der Waals surface area contributed by atoms with Gasteiger partial charge in [0.2, 0.25) is 0 Å². The molecule has 0 radical (unpaired) electrons. The highest BCUT2D eigenvalue weighted by molar-refractivity contribution is 9.09. The fraction of sp³-hybridized carbons (Fsp3) is 0.571. The summed E-state index contributed by atoms with van der Waals surface area (Å²) < 4.78 is 19.1. The summed E-state index contributed by atoms with van der Waals surface area (Å²) in [6.45, 7) is 5.31. The van der Waals surface area contributed by atoms with Crippen molar-refractivity contribution in [2.24, 2.45) is 5.92 Å². The molecule has 1 aliphatic heterocycles. The first-order valence-corrected chi connectivity index (χ1v) is 6.99. The first kappa shape index (κ1) is 13.0. The van der Waals surface area contributed by atoms with E-state index >= 15 is 0 Å². The van der Waals surface area contributed by atoms with E-state index in [2.05, 4.69) is 15.9 Å². The van der Waals surface area contributed by atoms with Crippen LogP contribution in [0, 0.1) is 25.6 Å². The molecule has 1 aliphatic rings. The highest BCUT2D eigenvalue weighted by Gasteiger charge is 2.24. The second kappa shape index (κ2) is 5.49. The maximum absolute atomic E-state index is 13.6. The number of aryl methyl sites for hydroxylation is 2. The van der Waals surface area contributed by atoms with E-state index in [9.17, 15) is 4.39 Å². The van der Waals surface area contributed by atoms with Crippen LogP contribution in [0.5, 0.6) is 0 Å². The molecule has 0 bridgehead atoms. The van der Waals surface area contributed by atoms with Crippen LogP contribution in [0.2, 0.25) is 0 Å². The topological polar surface area (TPSA) is 9.23 Å². The average Bonchev–Trinajstić information content (AvgIpc) is 2.35. The summed E-state index contributed by atoms with van der Waals surface area (Å²) in [7, 11) is 0. The monoisotopic (exact) mass is 300 g/mol. The summed E-state index contributed by atoms with van der Waals surface area (Å²) in [4.78, 5) is 0.265. The predicted octanol–water partition coefficient (Wildman–Crippen LogP) is 4.31. The normalized spacial score (nSPS) is 22.5. The molecule has 1 aromatic rings. The minimum atomic E-state index is -0.0895. The third-order valence-electron chi connectivity index (χ3n) is 3.39. The number of hydrogen-bond acceptors (Lipinski definition) is 1. The second-order valence-corrected chi connectivity index (χ2v) is 5.83. The van der Waals surface area contributed by atoms with E-state index < -0.39 is 0 Å². The molecule has 0 saturated carbocycles. The molecule has 0 aromatic heterocycles. The summed E-state index contributed by atoms with van der Waals surface area (Å²) >= 11 is 3.74. The van der Waals surface area contributed by atoms with Crippen LogP contribution < -0.4 is 0 Å². The van der Waals surface area contributed by atoms with Gasteiger partial charge in [0.15, 0.2) is 0 Å². The van der Waals surface area contributed by atoms with Crippen LogP contribution >= 0.6 is 15.9 Å². The number of alkyl halides is 1.